The molecule has 1 aromatic carbocycles. The number of sulfonamides is 1. The third-order valence-corrected chi connectivity index (χ3v) is 6.21. The average molecular weight is 355 g/mol. The van der Waals surface area contributed by atoms with Crippen molar-refractivity contribution >= 4 is 10.0 Å². The van der Waals surface area contributed by atoms with E-state index in [9.17, 15) is 8.42 Å². The van der Waals surface area contributed by atoms with Crippen LogP contribution in [0.25, 0.3) is 0 Å². The molecule has 0 aliphatic carbocycles. The number of hydrogen-bond acceptors (Lipinski definition) is 4. The molecule has 1 heterocycles. The van der Waals surface area contributed by atoms with Gasteiger partial charge in [-0.15, -0.1) is 0 Å². The van der Waals surface area contributed by atoms with Crippen molar-refractivity contribution in [3.05, 3.63) is 24.3 Å². The first kappa shape index (κ1) is 19.2. The van der Waals surface area contributed by atoms with Crippen LogP contribution in [0.2, 0.25) is 0 Å². The molecule has 1 aromatic rings. The zero-order valence-electron chi connectivity index (χ0n) is 15.0. The Bertz CT molecular complexity index is 591. The highest BCUT2D eigenvalue weighted by Crippen LogP contribution is 2.25. The Morgan fingerprint density at radius 3 is 2.38 bits per heavy atom. The van der Waals surface area contributed by atoms with Crippen molar-refractivity contribution < 1.29 is 13.2 Å². The van der Waals surface area contributed by atoms with E-state index in [4.69, 9.17) is 4.74 Å². The van der Waals surface area contributed by atoms with E-state index in [1.807, 2.05) is 0 Å². The molecule has 24 heavy (non-hydrogen) atoms. The van der Waals surface area contributed by atoms with Crippen LogP contribution in [-0.2, 0) is 10.0 Å². The zero-order chi connectivity index (χ0) is 17.6. The van der Waals surface area contributed by atoms with Crippen LogP contribution in [0.4, 0.5) is 0 Å². The Labute approximate surface area is 146 Å². The van der Waals surface area contributed by atoms with E-state index in [-0.39, 0.29) is 0 Å². The molecule has 136 valence electrons. The second-order valence-corrected chi connectivity index (χ2v) is 8.77. The second-order valence-electron chi connectivity index (χ2n) is 6.83. The van der Waals surface area contributed by atoms with Crippen molar-refractivity contribution in [2.75, 3.05) is 32.8 Å². The van der Waals surface area contributed by atoms with Crippen molar-refractivity contribution in [2.45, 2.75) is 38.5 Å². The largest absolute Gasteiger partial charge is 0.493 e. The summed E-state index contributed by atoms with van der Waals surface area (Å²) in [5.41, 5.74) is 0. The third kappa shape index (κ3) is 5.19. The normalized spacial score (nSPS) is 17.3. The lowest BCUT2D eigenvalue weighted by Crippen LogP contribution is -2.40. The molecule has 1 N–H and O–H groups in total. The minimum atomic E-state index is -3.40. The topological polar surface area (TPSA) is 58.6 Å². The molecule has 6 heteroatoms. The van der Waals surface area contributed by atoms with Crippen molar-refractivity contribution in [3.8, 4) is 5.75 Å². The molecule has 0 bridgehead atoms. The minimum absolute atomic E-state index is 0.351. The number of nitrogens with one attached hydrogen (secondary N) is 1. The molecule has 0 amide bonds. The van der Waals surface area contributed by atoms with Gasteiger partial charge in [-0.25, -0.2) is 8.42 Å². The molecule has 1 aliphatic heterocycles. The molecule has 1 aliphatic rings. The van der Waals surface area contributed by atoms with Gasteiger partial charge in [0.2, 0.25) is 10.0 Å². The Kier molecular flexibility index (Phi) is 7.07. The third-order valence-electron chi connectivity index (χ3n) is 4.30. The molecule has 0 radical (unpaired) electrons. The fourth-order valence-corrected chi connectivity index (χ4v) is 4.29. The lowest BCUT2D eigenvalue weighted by Gasteiger charge is -2.31. The molecule has 1 saturated heterocycles. The molecule has 5 nitrogen and oxygen atoms in total. The molecule has 0 aromatic heterocycles. The van der Waals surface area contributed by atoms with Gasteiger partial charge in [0.15, 0.2) is 0 Å². The van der Waals surface area contributed by atoms with E-state index >= 15 is 0 Å². The Morgan fingerprint density at radius 1 is 1.21 bits per heavy atom. The highest BCUT2D eigenvalue weighted by Gasteiger charge is 2.29. The van der Waals surface area contributed by atoms with E-state index < -0.39 is 10.0 Å². The monoisotopic (exact) mass is 354 g/mol. The van der Waals surface area contributed by atoms with Crippen LogP contribution in [0.15, 0.2) is 29.2 Å². The van der Waals surface area contributed by atoms with Gasteiger partial charge in [-0.05, 0) is 62.0 Å². The fourth-order valence-electron chi connectivity index (χ4n) is 2.82. The van der Waals surface area contributed by atoms with Crippen LogP contribution in [-0.4, -0.2) is 45.5 Å². The molecule has 1 fully saturated rings. The molecule has 0 unspecified atom stereocenters. The quantitative estimate of drug-likeness (QED) is 0.780. The van der Waals surface area contributed by atoms with Gasteiger partial charge >= 0.3 is 0 Å². The summed E-state index contributed by atoms with van der Waals surface area (Å²) < 4.78 is 32.7. The molecule has 2 rings (SSSR count). The van der Waals surface area contributed by atoms with Crippen LogP contribution in [0, 0.1) is 11.8 Å². The predicted molar refractivity (Wildman–Crippen MR) is 96.8 cm³/mol. The van der Waals surface area contributed by atoms with Crippen LogP contribution >= 0.6 is 0 Å². The van der Waals surface area contributed by atoms with Crippen LogP contribution in [0.3, 0.4) is 0 Å². The molecule has 0 atom stereocenters. The predicted octanol–water partition coefficient (Wildman–Crippen LogP) is 2.73. The number of benzene rings is 1. The summed E-state index contributed by atoms with van der Waals surface area (Å²) in [6.45, 7) is 10.0. The summed E-state index contributed by atoms with van der Waals surface area (Å²) in [4.78, 5) is 0.351. The van der Waals surface area contributed by atoms with Crippen LogP contribution in [0.5, 0.6) is 5.75 Å². The van der Waals surface area contributed by atoms with Crippen molar-refractivity contribution in [1.29, 1.82) is 0 Å². The molecule has 0 spiro atoms. The maximum Gasteiger partial charge on any atom is 0.243 e. The smallest absolute Gasteiger partial charge is 0.243 e. The molecular weight excluding hydrogens is 324 g/mol. The first-order valence-electron chi connectivity index (χ1n) is 8.87. The first-order chi connectivity index (χ1) is 11.4. The van der Waals surface area contributed by atoms with E-state index in [2.05, 4.69) is 26.1 Å². The number of rotatable bonds is 8. The van der Waals surface area contributed by atoms with Crippen molar-refractivity contribution in [2.24, 2.45) is 11.8 Å². The maximum atomic E-state index is 12.8. The van der Waals surface area contributed by atoms with Crippen LogP contribution in [0.1, 0.15) is 33.6 Å². The SMILES string of the molecule is CCNCC1CCN(S(=O)(=O)c2ccc(OCC(C)C)cc2)CC1. The maximum absolute atomic E-state index is 12.8. The van der Waals surface area contributed by atoms with Crippen LogP contribution < -0.4 is 10.1 Å². The molecule has 0 saturated carbocycles. The van der Waals surface area contributed by atoms with Gasteiger partial charge in [-0.2, -0.15) is 4.31 Å². The van der Waals surface area contributed by atoms with E-state index in [1.165, 1.54) is 0 Å². The van der Waals surface area contributed by atoms with Gasteiger partial charge in [0, 0.05) is 13.1 Å². The summed E-state index contributed by atoms with van der Waals surface area (Å²) in [5, 5.41) is 3.35. The minimum Gasteiger partial charge on any atom is -0.493 e. The van der Waals surface area contributed by atoms with Gasteiger partial charge in [0.25, 0.3) is 0 Å². The van der Waals surface area contributed by atoms with Crippen molar-refractivity contribution in [1.82, 2.24) is 9.62 Å². The van der Waals surface area contributed by atoms with Gasteiger partial charge in [-0.1, -0.05) is 20.8 Å². The average Bonchev–Trinajstić information content (AvgIpc) is 2.59. The number of hydrogen-bond donors (Lipinski definition) is 1. The summed E-state index contributed by atoms with van der Waals surface area (Å²) in [5.74, 6) is 1.73. The van der Waals surface area contributed by atoms with E-state index in [0.717, 1.165) is 25.9 Å². The lowest BCUT2D eigenvalue weighted by molar-refractivity contribution is 0.268. The van der Waals surface area contributed by atoms with Gasteiger partial charge in [0.1, 0.15) is 5.75 Å². The summed E-state index contributed by atoms with van der Waals surface area (Å²) >= 11 is 0. The number of nitrogens with zero attached hydrogens (tertiary/aromatic N) is 1. The lowest BCUT2D eigenvalue weighted by atomic mass is 9.98. The number of piperidine rings is 1. The van der Waals surface area contributed by atoms with E-state index in [1.54, 1.807) is 28.6 Å². The zero-order valence-corrected chi connectivity index (χ0v) is 15.8. The van der Waals surface area contributed by atoms with Gasteiger partial charge < -0.3 is 10.1 Å². The Hall–Kier alpha value is -1.11. The molecular formula is C18H30N2O3S. The number of ether oxygens (including phenoxy) is 1. The van der Waals surface area contributed by atoms with Gasteiger partial charge in [-0.3, -0.25) is 0 Å². The summed E-state index contributed by atoms with van der Waals surface area (Å²) in [7, 11) is -3.40. The van der Waals surface area contributed by atoms with Crippen molar-refractivity contribution in [3.63, 3.8) is 0 Å². The highest BCUT2D eigenvalue weighted by molar-refractivity contribution is 7.89. The second kappa shape index (κ2) is 8.83. The Morgan fingerprint density at radius 2 is 1.83 bits per heavy atom. The Balaban J connectivity index is 1.95. The van der Waals surface area contributed by atoms with Gasteiger partial charge in [0.05, 0.1) is 11.5 Å². The first-order valence-corrected chi connectivity index (χ1v) is 10.3. The van der Waals surface area contributed by atoms with E-state index in [0.29, 0.717) is 42.2 Å². The standard InChI is InChI=1S/C18H30N2O3S/c1-4-19-13-16-9-11-20(12-10-16)24(21,22)18-7-5-17(6-8-18)23-14-15(2)3/h5-8,15-16,19H,4,9-14H2,1-3H3. The summed E-state index contributed by atoms with van der Waals surface area (Å²) in [6.07, 6.45) is 1.84. The summed E-state index contributed by atoms with van der Waals surface area (Å²) in [6, 6.07) is 6.78. The highest BCUT2D eigenvalue weighted by atomic mass is 32.2. The fraction of sp³-hybridized carbons (Fsp3) is 0.667.